The van der Waals surface area contributed by atoms with Gasteiger partial charge in [0.15, 0.2) is 0 Å². The minimum Gasteiger partial charge on any atom is -0.378 e. The summed E-state index contributed by atoms with van der Waals surface area (Å²) >= 11 is 1.77. The first-order chi connectivity index (χ1) is 9.60. The van der Waals surface area contributed by atoms with Gasteiger partial charge in [-0.2, -0.15) is 0 Å². The summed E-state index contributed by atoms with van der Waals surface area (Å²) in [7, 11) is 0. The van der Waals surface area contributed by atoms with Crippen LogP contribution < -0.4 is 5.32 Å². The summed E-state index contributed by atoms with van der Waals surface area (Å²) in [6.45, 7) is 6.84. The number of amides is 1. The zero-order valence-corrected chi connectivity index (χ0v) is 13.1. The van der Waals surface area contributed by atoms with Crippen molar-refractivity contribution in [3.05, 3.63) is 21.9 Å². The topological polar surface area (TPSA) is 41.6 Å². The Labute approximate surface area is 124 Å². The van der Waals surface area contributed by atoms with Gasteiger partial charge in [0, 0.05) is 22.4 Å². The van der Waals surface area contributed by atoms with E-state index in [0.29, 0.717) is 12.1 Å². The van der Waals surface area contributed by atoms with E-state index in [-0.39, 0.29) is 18.1 Å². The number of carbonyl (C=O) groups is 1. The molecule has 1 N–H and O–H groups in total. The van der Waals surface area contributed by atoms with Crippen molar-refractivity contribution in [2.75, 3.05) is 6.61 Å². The van der Waals surface area contributed by atoms with Crippen LogP contribution in [0.1, 0.15) is 42.6 Å². The van der Waals surface area contributed by atoms with Crippen LogP contribution in [0, 0.1) is 6.92 Å². The molecule has 4 nitrogen and oxygen atoms in total. The van der Waals surface area contributed by atoms with Gasteiger partial charge < -0.3 is 9.64 Å². The third-order valence-electron chi connectivity index (χ3n) is 4.21. The van der Waals surface area contributed by atoms with Gasteiger partial charge in [-0.15, -0.1) is 11.3 Å². The van der Waals surface area contributed by atoms with E-state index in [4.69, 9.17) is 4.74 Å². The molecular formula is C15H22N2O2S. The van der Waals surface area contributed by atoms with E-state index in [2.05, 4.69) is 24.4 Å². The highest BCUT2D eigenvalue weighted by molar-refractivity contribution is 7.12. The Balaban J connectivity index is 1.74. The molecule has 2 heterocycles. The largest absolute Gasteiger partial charge is 0.378 e. The van der Waals surface area contributed by atoms with Gasteiger partial charge in [-0.05, 0) is 45.7 Å². The van der Waals surface area contributed by atoms with Crippen LogP contribution in [0.25, 0.3) is 0 Å². The van der Waals surface area contributed by atoms with Crippen LogP contribution in [-0.2, 0) is 9.53 Å². The van der Waals surface area contributed by atoms with Crippen LogP contribution >= 0.6 is 11.3 Å². The lowest BCUT2D eigenvalue weighted by molar-refractivity contribution is -0.138. The molecule has 0 bridgehead atoms. The Morgan fingerprint density at radius 1 is 1.45 bits per heavy atom. The van der Waals surface area contributed by atoms with Gasteiger partial charge >= 0.3 is 0 Å². The molecule has 5 heteroatoms. The maximum atomic E-state index is 12.4. The number of hydrogen-bond donors (Lipinski definition) is 1. The summed E-state index contributed by atoms with van der Waals surface area (Å²) in [6, 6.07) is 4.49. The number of nitrogens with one attached hydrogen (secondary N) is 1. The molecule has 1 aromatic rings. The van der Waals surface area contributed by atoms with Crippen LogP contribution in [0.15, 0.2) is 12.1 Å². The Hall–Kier alpha value is -0.910. The Morgan fingerprint density at radius 3 is 2.80 bits per heavy atom. The zero-order valence-electron chi connectivity index (χ0n) is 12.3. The third-order valence-corrected chi connectivity index (χ3v) is 5.26. The van der Waals surface area contributed by atoms with Gasteiger partial charge in [0.05, 0.1) is 12.1 Å². The minimum absolute atomic E-state index is 0.0452. The second-order valence-corrected chi connectivity index (χ2v) is 7.01. The van der Waals surface area contributed by atoms with Crippen molar-refractivity contribution in [3.63, 3.8) is 0 Å². The van der Waals surface area contributed by atoms with E-state index in [1.54, 1.807) is 11.3 Å². The predicted octanol–water partition coefficient (Wildman–Crippen LogP) is 2.44. The van der Waals surface area contributed by atoms with Gasteiger partial charge in [0.2, 0.25) is 5.91 Å². The lowest BCUT2D eigenvalue weighted by Crippen LogP contribution is -2.50. The Morgan fingerprint density at radius 2 is 2.20 bits per heavy atom. The van der Waals surface area contributed by atoms with E-state index < -0.39 is 0 Å². The first kappa shape index (κ1) is 14.0. The number of thiophene rings is 1. The van der Waals surface area contributed by atoms with Gasteiger partial charge in [-0.25, -0.2) is 0 Å². The quantitative estimate of drug-likeness (QED) is 0.927. The Bertz CT molecular complexity index is 496. The molecule has 1 saturated heterocycles. The summed E-state index contributed by atoms with van der Waals surface area (Å²) in [5, 5.41) is 3.43. The molecule has 0 radical (unpaired) electrons. The smallest absolute Gasteiger partial charge is 0.241 e. The second-order valence-electron chi connectivity index (χ2n) is 5.69. The summed E-state index contributed by atoms with van der Waals surface area (Å²) in [5.41, 5.74) is 0. The molecule has 110 valence electrons. The molecule has 2 unspecified atom stereocenters. The number of ether oxygens (including phenoxy) is 1. The molecule has 2 fully saturated rings. The summed E-state index contributed by atoms with van der Waals surface area (Å²) < 4.78 is 5.62. The standard InChI is InChI=1S/C15H22N2O2S/c1-4-19-12-7-11(8-12)17-14(16-10(3)15(17)18)13-6-5-9(2)20-13/h5-6,10-12,14,16H,4,7-8H2,1-3H3. The predicted molar refractivity (Wildman–Crippen MR) is 79.7 cm³/mol. The molecule has 1 saturated carbocycles. The van der Waals surface area contributed by atoms with Gasteiger partial charge in [-0.3, -0.25) is 10.1 Å². The van der Waals surface area contributed by atoms with Crippen LogP contribution in [0.3, 0.4) is 0 Å². The van der Waals surface area contributed by atoms with Gasteiger partial charge in [0.1, 0.15) is 6.17 Å². The number of hydrogen-bond acceptors (Lipinski definition) is 4. The highest BCUT2D eigenvalue weighted by Gasteiger charge is 2.46. The van der Waals surface area contributed by atoms with Crippen molar-refractivity contribution >= 4 is 17.2 Å². The fourth-order valence-electron chi connectivity index (χ4n) is 3.09. The fourth-order valence-corrected chi connectivity index (χ4v) is 4.02. The molecule has 1 aliphatic heterocycles. The van der Waals surface area contributed by atoms with Crippen molar-refractivity contribution in [1.29, 1.82) is 0 Å². The van der Waals surface area contributed by atoms with Gasteiger partial charge in [0.25, 0.3) is 0 Å². The van der Waals surface area contributed by atoms with Crippen molar-refractivity contribution in [2.24, 2.45) is 0 Å². The molecule has 2 atom stereocenters. The second kappa shape index (κ2) is 5.47. The molecule has 0 spiro atoms. The summed E-state index contributed by atoms with van der Waals surface area (Å²) in [5.74, 6) is 0.223. The highest BCUT2D eigenvalue weighted by atomic mass is 32.1. The highest BCUT2D eigenvalue weighted by Crippen LogP contribution is 2.38. The van der Waals surface area contributed by atoms with Crippen molar-refractivity contribution < 1.29 is 9.53 Å². The van der Waals surface area contributed by atoms with E-state index in [0.717, 1.165) is 19.4 Å². The molecular weight excluding hydrogens is 272 g/mol. The van der Waals surface area contributed by atoms with E-state index in [9.17, 15) is 4.79 Å². The van der Waals surface area contributed by atoms with Crippen molar-refractivity contribution in [2.45, 2.75) is 58.0 Å². The first-order valence-corrected chi connectivity index (χ1v) is 8.18. The number of rotatable bonds is 4. The van der Waals surface area contributed by atoms with Crippen LogP contribution in [-0.4, -0.2) is 35.6 Å². The van der Waals surface area contributed by atoms with Crippen LogP contribution in [0.2, 0.25) is 0 Å². The molecule has 20 heavy (non-hydrogen) atoms. The third kappa shape index (κ3) is 2.38. The molecule has 1 amide bonds. The van der Waals surface area contributed by atoms with E-state index in [1.807, 2.05) is 18.7 Å². The monoisotopic (exact) mass is 294 g/mol. The van der Waals surface area contributed by atoms with Crippen LogP contribution in [0.4, 0.5) is 0 Å². The molecule has 0 aromatic carbocycles. The summed E-state index contributed by atoms with van der Waals surface area (Å²) in [4.78, 5) is 17.0. The molecule has 3 rings (SSSR count). The van der Waals surface area contributed by atoms with E-state index >= 15 is 0 Å². The van der Waals surface area contributed by atoms with Crippen molar-refractivity contribution in [1.82, 2.24) is 10.2 Å². The Kier molecular flexibility index (Phi) is 3.84. The minimum atomic E-state index is -0.0893. The van der Waals surface area contributed by atoms with E-state index in [1.165, 1.54) is 9.75 Å². The maximum Gasteiger partial charge on any atom is 0.241 e. The van der Waals surface area contributed by atoms with Crippen molar-refractivity contribution in [3.8, 4) is 0 Å². The normalized spacial score (nSPS) is 33.5. The number of aryl methyl sites for hydroxylation is 1. The number of nitrogens with zero attached hydrogens (tertiary/aromatic N) is 1. The van der Waals surface area contributed by atoms with Gasteiger partial charge in [-0.1, -0.05) is 0 Å². The fraction of sp³-hybridized carbons (Fsp3) is 0.667. The molecule has 2 aliphatic rings. The SMILES string of the molecule is CCOC1CC(N2C(=O)C(C)NC2c2ccc(C)s2)C1. The first-order valence-electron chi connectivity index (χ1n) is 7.36. The number of carbonyl (C=O) groups excluding carboxylic acids is 1. The lowest BCUT2D eigenvalue weighted by Gasteiger charge is -2.42. The molecule has 1 aliphatic carbocycles. The maximum absolute atomic E-state index is 12.4. The van der Waals surface area contributed by atoms with Crippen LogP contribution in [0.5, 0.6) is 0 Å². The molecule has 1 aromatic heterocycles. The lowest BCUT2D eigenvalue weighted by atomic mass is 9.87. The average molecular weight is 294 g/mol. The average Bonchev–Trinajstić information content (AvgIpc) is 2.90. The zero-order chi connectivity index (χ0) is 14.3. The summed E-state index contributed by atoms with van der Waals surface area (Å²) in [6.07, 6.45) is 2.31.